The zero-order chi connectivity index (χ0) is 21.6. The van der Waals surface area contributed by atoms with Crippen LogP contribution in [0.3, 0.4) is 0 Å². The zero-order valence-corrected chi connectivity index (χ0v) is 16.8. The fourth-order valence-electron chi connectivity index (χ4n) is 3.34. The SMILES string of the molecule is O=C(/C=C/c1ccc(F)cc1)Nc1ccc2c(c1)N(CCc1ccccc1)C(=O)CO2. The standard InChI is InChI=1S/C25H21FN2O3/c26-20-9-6-19(7-10-20)8-13-24(29)27-21-11-12-23-22(16-21)28(25(30)17-31-23)15-14-18-4-2-1-3-5-18/h1-13,16H,14-15,17H2,(H,27,29)/b13-8+. The lowest BCUT2D eigenvalue weighted by molar-refractivity contribution is -0.121. The molecule has 156 valence electrons. The Labute approximate surface area is 179 Å². The van der Waals surface area contributed by atoms with Crippen molar-refractivity contribution in [2.45, 2.75) is 6.42 Å². The van der Waals surface area contributed by atoms with Crippen molar-refractivity contribution < 1.29 is 18.7 Å². The summed E-state index contributed by atoms with van der Waals surface area (Å²) in [5.74, 6) is -0.178. The van der Waals surface area contributed by atoms with Crippen molar-refractivity contribution in [3.05, 3.63) is 95.8 Å². The van der Waals surface area contributed by atoms with Gasteiger partial charge in [0.25, 0.3) is 5.91 Å². The molecule has 1 aliphatic rings. The molecule has 3 aromatic carbocycles. The summed E-state index contributed by atoms with van der Waals surface area (Å²) in [7, 11) is 0. The van der Waals surface area contributed by atoms with Crippen LogP contribution in [-0.4, -0.2) is 25.0 Å². The number of nitrogens with one attached hydrogen (secondary N) is 1. The van der Waals surface area contributed by atoms with E-state index >= 15 is 0 Å². The van der Waals surface area contributed by atoms with E-state index < -0.39 is 0 Å². The van der Waals surface area contributed by atoms with Gasteiger partial charge in [0, 0.05) is 18.3 Å². The van der Waals surface area contributed by atoms with Gasteiger partial charge in [-0.15, -0.1) is 0 Å². The largest absolute Gasteiger partial charge is 0.482 e. The molecule has 0 bridgehead atoms. The number of hydrogen-bond donors (Lipinski definition) is 1. The summed E-state index contributed by atoms with van der Waals surface area (Å²) >= 11 is 0. The molecule has 0 saturated carbocycles. The van der Waals surface area contributed by atoms with Gasteiger partial charge >= 0.3 is 0 Å². The molecule has 0 atom stereocenters. The van der Waals surface area contributed by atoms with Crippen LogP contribution in [0.4, 0.5) is 15.8 Å². The Morgan fingerprint density at radius 1 is 1.06 bits per heavy atom. The molecule has 1 heterocycles. The Hall–Kier alpha value is -3.93. The van der Waals surface area contributed by atoms with Gasteiger partial charge in [0.15, 0.2) is 6.61 Å². The monoisotopic (exact) mass is 416 g/mol. The maximum absolute atomic E-state index is 13.0. The maximum atomic E-state index is 13.0. The number of nitrogens with zero attached hydrogens (tertiary/aromatic N) is 1. The summed E-state index contributed by atoms with van der Waals surface area (Å²) in [6.45, 7) is 0.509. The first kappa shape index (κ1) is 20.3. The van der Waals surface area contributed by atoms with Crippen molar-refractivity contribution in [2.24, 2.45) is 0 Å². The Morgan fingerprint density at radius 3 is 2.61 bits per heavy atom. The third kappa shape index (κ3) is 5.17. The van der Waals surface area contributed by atoms with Crippen molar-refractivity contribution in [2.75, 3.05) is 23.4 Å². The predicted molar refractivity (Wildman–Crippen MR) is 118 cm³/mol. The van der Waals surface area contributed by atoms with Crippen molar-refractivity contribution in [1.29, 1.82) is 0 Å². The molecular formula is C25H21FN2O3. The van der Waals surface area contributed by atoms with E-state index in [4.69, 9.17) is 4.74 Å². The summed E-state index contributed by atoms with van der Waals surface area (Å²) in [5, 5.41) is 2.79. The second kappa shape index (κ2) is 9.26. The first-order chi connectivity index (χ1) is 15.1. The fraction of sp³-hybridized carbons (Fsp3) is 0.120. The number of rotatable bonds is 6. The highest BCUT2D eigenvalue weighted by Crippen LogP contribution is 2.34. The molecule has 6 heteroatoms. The molecule has 1 aliphatic heterocycles. The van der Waals surface area contributed by atoms with Crippen LogP contribution < -0.4 is 15.0 Å². The summed E-state index contributed by atoms with van der Waals surface area (Å²) in [6, 6.07) is 21.0. The van der Waals surface area contributed by atoms with E-state index in [2.05, 4.69) is 5.32 Å². The number of fused-ring (bicyclic) bond motifs is 1. The molecular weight excluding hydrogens is 395 g/mol. The smallest absolute Gasteiger partial charge is 0.265 e. The zero-order valence-electron chi connectivity index (χ0n) is 16.8. The van der Waals surface area contributed by atoms with Gasteiger partial charge in [0.2, 0.25) is 5.91 Å². The van der Waals surface area contributed by atoms with Crippen LogP contribution in [0.2, 0.25) is 0 Å². The van der Waals surface area contributed by atoms with Gasteiger partial charge in [-0.1, -0.05) is 42.5 Å². The lowest BCUT2D eigenvalue weighted by Gasteiger charge is -2.30. The molecule has 0 saturated heterocycles. The lowest BCUT2D eigenvalue weighted by atomic mass is 10.1. The normalized spacial score (nSPS) is 13.1. The molecule has 4 rings (SSSR count). The second-order valence-corrected chi connectivity index (χ2v) is 7.13. The second-order valence-electron chi connectivity index (χ2n) is 7.13. The summed E-state index contributed by atoms with van der Waals surface area (Å²) in [5.41, 5.74) is 3.04. The molecule has 31 heavy (non-hydrogen) atoms. The van der Waals surface area contributed by atoms with E-state index in [9.17, 15) is 14.0 Å². The average molecular weight is 416 g/mol. The highest BCUT2D eigenvalue weighted by Gasteiger charge is 2.25. The number of benzene rings is 3. The van der Waals surface area contributed by atoms with Crippen molar-refractivity contribution in [3.63, 3.8) is 0 Å². The molecule has 0 aliphatic carbocycles. The number of carbonyl (C=O) groups excluding carboxylic acids is 2. The lowest BCUT2D eigenvalue weighted by Crippen LogP contribution is -2.40. The Kier molecular flexibility index (Phi) is 6.08. The minimum absolute atomic E-state index is 0.00605. The first-order valence-electron chi connectivity index (χ1n) is 9.94. The fourth-order valence-corrected chi connectivity index (χ4v) is 3.34. The number of amides is 2. The molecule has 2 amide bonds. The molecule has 3 aromatic rings. The van der Waals surface area contributed by atoms with E-state index in [-0.39, 0.29) is 24.2 Å². The molecule has 0 spiro atoms. The van der Waals surface area contributed by atoms with Crippen LogP contribution in [0.15, 0.2) is 78.9 Å². The molecule has 1 N–H and O–H groups in total. The van der Waals surface area contributed by atoms with Crippen molar-refractivity contribution in [3.8, 4) is 5.75 Å². The third-order valence-corrected chi connectivity index (χ3v) is 4.93. The van der Waals surface area contributed by atoms with Gasteiger partial charge in [-0.25, -0.2) is 4.39 Å². The minimum atomic E-state index is -0.330. The van der Waals surface area contributed by atoms with Crippen LogP contribution in [0, 0.1) is 5.82 Å². The van der Waals surface area contributed by atoms with Crippen LogP contribution in [0.1, 0.15) is 11.1 Å². The van der Waals surface area contributed by atoms with E-state index in [1.54, 1.807) is 41.3 Å². The minimum Gasteiger partial charge on any atom is -0.482 e. The van der Waals surface area contributed by atoms with E-state index in [1.165, 1.54) is 18.2 Å². The van der Waals surface area contributed by atoms with Gasteiger partial charge < -0.3 is 15.0 Å². The Morgan fingerprint density at radius 2 is 1.84 bits per heavy atom. The molecule has 0 aromatic heterocycles. The predicted octanol–water partition coefficient (Wildman–Crippen LogP) is 4.45. The van der Waals surface area contributed by atoms with E-state index in [0.717, 1.165) is 5.56 Å². The van der Waals surface area contributed by atoms with Crippen LogP contribution in [0.25, 0.3) is 6.08 Å². The van der Waals surface area contributed by atoms with Crippen LogP contribution >= 0.6 is 0 Å². The van der Waals surface area contributed by atoms with Crippen molar-refractivity contribution in [1.82, 2.24) is 0 Å². The van der Waals surface area contributed by atoms with Gasteiger partial charge in [-0.2, -0.15) is 0 Å². The molecule has 5 nitrogen and oxygen atoms in total. The maximum Gasteiger partial charge on any atom is 0.265 e. The number of carbonyl (C=O) groups is 2. The third-order valence-electron chi connectivity index (χ3n) is 4.93. The first-order valence-corrected chi connectivity index (χ1v) is 9.94. The highest BCUT2D eigenvalue weighted by molar-refractivity contribution is 6.03. The Bertz CT molecular complexity index is 1110. The van der Waals surface area contributed by atoms with Gasteiger partial charge in [-0.3, -0.25) is 9.59 Å². The van der Waals surface area contributed by atoms with Gasteiger partial charge in [0.05, 0.1) is 5.69 Å². The highest BCUT2D eigenvalue weighted by atomic mass is 19.1. The number of anilines is 2. The van der Waals surface area contributed by atoms with Gasteiger partial charge in [0.1, 0.15) is 11.6 Å². The van der Waals surface area contributed by atoms with Gasteiger partial charge in [-0.05, 0) is 54.0 Å². The van der Waals surface area contributed by atoms with Crippen LogP contribution in [-0.2, 0) is 16.0 Å². The molecule has 0 radical (unpaired) electrons. The summed E-state index contributed by atoms with van der Waals surface area (Å²) in [6.07, 6.45) is 3.69. The van der Waals surface area contributed by atoms with E-state index in [1.807, 2.05) is 30.3 Å². The van der Waals surface area contributed by atoms with Crippen molar-refractivity contribution >= 4 is 29.3 Å². The number of hydrogen-bond acceptors (Lipinski definition) is 3. The topological polar surface area (TPSA) is 58.6 Å². The molecule has 0 fully saturated rings. The number of halogens is 1. The van der Waals surface area contributed by atoms with E-state index in [0.29, 0.717) is 35.7 Å². The molecule has 0 unspecified atom stereocenters. The quantitative estimate of drug-likeness (QED) is 0.604. The average Bonchev–Trinajstić information content (AvgIpc) is 2.79. The van der Waals surface area contributed by atoms with Crippen LogP contribution in [0.5, 0.6) is 5.75 Å². The summed E-state index contributed by atoms with van der Waals surface area (Å²) in [4.78, 5) is 26.5. The number of ether oxygens (including phenoxy) is 1. The Balaban J connectivity index is 1.46. The summed E-state index contributed by atoms with van der Waals surface area (Å²) < 4.78 is 18.5.